The molecule has 1 unspecified atom stereocenters. The van der Waals surface area contributed by atoms with E-state index in [2.05, 4.69) is 0 Å². The van der Waals surface area contributed by atoms with Crippen LogP contribution in [0.3, 0.4) is 0 Å². The van der Waals surface area contributed by atoms with Gasteiger partial charge in [0.15, 0.2) is 6.29 Å². The highest BCUT2D eigenvalue weighted by atomic mass is 16.7. The Labute approximate surface area is 110 Å². The van der Waals surface area contributed by atoms with Crippen LogP contribution in [0.1, 0.15) is 11.9 Å². The summed E-state index contributed by atoms with van der Waals surface area (Å²) in [5.41, 5.74) is 0.729. The molecule has 1 aliphatic rings. The normalized spacial score (nSPS) is 37.2. The van der Waals surface area contributed by atoms with Crippen LogP contribution in [0.25, 0.3) is 0 Å². The van der Waals surface area contributed by atoms with Crippen LogP contribution in [0.4, 0.5) is 0 Å². The first-order valence-electron chi connectivity index (χ1n) is 6.10. The van der Waals surface area contributed by atoms with Crippen LogP contribution >= 0.6 is 0 Å². The van der Waals surface area contributed by atoms with E-state index in [0.29, 0.717) is 0 Å². The highest BCUT2D eigenvalue weighted by Gasteiger charge is 2.33. The van der Waals surface area contributed by atoms with Crippen LogP contribution in [0.2, 0.25) is 0 Å². The Morgan fingerprint density at radius 3 is 1.74 bits per heavy atom. The third-order valence-corrected chi connectivity index (χ3v) is 3.05. The van der Waals surface area contributed by atoms with E-state index in [1.54, 1.807) is 12.1 Å². The number of benzene rings is 1. The first-order chi connectivity index (χ1) is 9.09. The topological polar surface area (TPSA) is 99.4 Å². The Balaban J connectivity index is 2.12. The molecule has 1 fully saturated rings. The predicted molar refractivity (Wildman–Crippen MR) is 65.1 cm³/mol. The lowest BCUT2D eigenvalue weighted by Gasteiger charge is -2.23. The average Bonchev–Trinajstić information content (AvgIpc) is 2.49. The third-order valence-electron chi connectivity index (χ3n) is 3.05. The molecule has 106 valence electrons. The molecule has 6 heteroatoms. The van der Waals surface area contributed by atoms with E-state index in [-0.39, 0.29) is 13.2 Å². The molecule has 0 amide bonds. The molecule has 0 radical (unpaired) electrons. The van der Waals surface area contributed by atoms with Gasteiger partial charge in [0.1, 0.15) is 24.4 Å². The van der Waals surface area contributed by atoms with Crippen LogP contribution in [0.5, 0.6) is 0 Å². The zero-order chi connectivity index (χ0) is 13.8. The smallest absolute Gasteiger partial charge is 0.184 e. The molecule has 1 aliphatic heterocycles. The SMILES string of the molecule is O[C@H]1[C@H](O)[C@@H](O)COC(c2ccccc2)OC[C@H]1O. The van der Waals surface area contributed by atoms with Crippen molar-refractivity contribution in [3.05, 3.63) is 35.9 Å². The highest BCUT2D eigenvalue weighted by molar-refractivity contribution is 5.16. The fraction of sp³-hybridized carbons (Fsp3) is 0.538. The Hall–Kier alpha value is -1.02. The summed E-state index contributed by atoms with van der Waals surface area (Å²) in [4.78, 5) is 0. The quantitative estimate of drug-likeness (QED) is 0.532. The summed E-state index contributed by atoms with van der Waals surface area (Å²) in [7, 11) is 0. The molecule has 1 aromatic carbocycles. The number of hydrogen-bond acceptors (Lipinski definition) is 6. The monoisotopic (exact) mass is 270 g/mol. The maximum absolute atomic E-state index is 9.66. The van der Waals surface area contributed by atoms with E-state index in [4.69, 9.17) is 9.47 Å². The molecule has 0 spiro atoms. The van der Waals surface area contributed by atoms with Gasteiger partial charge in [-0.1, -0.05) is 30.3 Å². The standard InChI is InChI=1S/C13H18O6/c14-9-6-18-13(8-4-2-1-3-5-8)19-7-10(15)12(17)11(9)16/h1-5,9-17H,6-7H2/t9-,10+,11-,12-,13?/m1/s1. The predicted octanol–water partition coefficient (Wildman–Crippen LogP) is -0.824. The molecule has 1 aromatic rings. The van der Waals surface area contributed by atoms with Crippen LogP contribution in [-0.4, -0.2) is 58.1 Å². The number of ether oxygens (including phenoxy) is 2. The summed E-state index contributed by atoms with van der Waals surface area (Å²) in [5.74, 6) is 0. The van der Waals surface area contributed by atoms with Crippen LogP contribution in [-0.2, 0) is 9.47 Å². The lowest BCUT2D eigenvalue weighted by Crippen LogP contribution is -2.46. The second-order valence-electron chi connectivity index (χ2n) is 4.53. The van der Waals surface area contributed by atoms with E-state index in [1.807, 2.05) is 18.2 Å². The number of hydrogen-bond donors (Lipinski definition) is 4. The molecule has 6 nitrogen and oxygen atoms in total. The summed E-state index contributed by atoms with van der Waals surface area (Å²) in [6.45, 7) is -0.408. The highest BCUT2D eigenvalue weighted by Crippen LogP contribution is 2.22. The van der Waals surface area contributed by atoms with Gasteiger partial charge >= 0.3 is 0 Å². The van der Waals surface area contributed by atoms with Gasteiger partial charge < -0.3 is 29.9 Å². The second-order valence-corrected chi connectivity index (χ2v) is 4.53. The third kappa shape index (κ3) is 3.50. The van der Waals surface area contributed by atoms with Crippen LogP contribution in [0, 0.1) is 0 Å². The molecule has 19 heavy (non-hydrogen) atoms. The van der Waals surface area contributed by atoms with Gasteiger partial charge in [-0.2, -0.15) is 0 Å². The Kier molecular flexibility index (Phi) is 4.87. The average molecular weight is 270 g/mol. The zero-order valence-electron chi connectivity index (χ0n) is 10.3. The summed E-state index contributed by atoms with van der Waals surface area (Å²) >= 11 is 0. The maximum Gasteiger partial charge on any atom is 0.184 e. The van der Waals surface area contributed by atoms with Crippen molar-refractivity contribution in [1.29, 1.82) is 0 Å². The minimum Gasteiger partial charge on any atom is -0.388 e. The van der Waals surface area contributed by atoms with E-state index >= 15 is 0 Å². The van der Waals surface area contributed by atoms with Crippen molar-refractivity contribution in [2.75, 3.05) is 13.2 Å². The fourth-order valence-corrected chi connectivity index (χ4v) is 1.88. The molecule has 0 aliphatic carbocycles. The molecular formula is C13H18O6. The molecule has 1 heterocycles. The molecular weight excluding hydrogens is 252 g/mol. The van der Waals surface area contributed by atoms with Crippen molar-refractivity contribution < 1.29 is 29.9 Å². The van der Waals surface area contributed by atoms with E-state index in [1.165, 1.54) is 0 Å². The number of aliphatic hydroxyl groups is 4. The van der Waals surface area contributed by atoms with Crippen molar-refractivity contribution in [1.82, 2.24) is 0 Å². The maximum atomic E-state index is 9.66. The van der Waals surface area contributed by atoms with Gasteiger partial charge in [-0.15, -0.1) is 0 Å². The van der Waals surface area contributed by atoms with Crippen molar-refractivity contribution >= 4 is 0 Å². The zero-order valence-corrected chi connectivity index (χ0v) is 10.3. The molecule has 0 bridgehead atoms. The van der Waals surface area contributed by atoms with Gasteiger partial charge in [0.05, 0.1) is 13.2 Å². The van der Waals surface area contributed by atoms with Crippen LogP contribution < -0.4 is 0 Å². The Morgan fingerprint density at radius 2 is 1.26 bits per heavy atom. The molecule has 0 aromatic heterocycles. The Morgan fingerprint density at radius 1 is 0.789 bits per heavy atom. The molecule has 2 rings (SSSR count). The van der Waals surface area contributed by atoms with E-state index < -0.39 is 30.7 Å². The first-order valence-corrected chi connectivity index (χ1v) is 6.10. The van der Waals surface area contributed by atoms with Crippen molar-refractivity contribution in [2.24, 2.45) is 0 Å². The first kappa shape index (κ1) is 14.4. The van der Waals surface area contributed by atoms with Crippen molar-refractivity contribution in [3.8, 4) is 0 Å². The summed E-state index contributed by atoms with van der Waals surface area (Å²) < 4.78 is 10.7. The molecule has 1 saturated heterocycles. The van der Waals surface area contributed by atoms with E-state index in [9.17, 15) is 20.4 Å². The lowest BCUT2D eigenvalue weighted by atomic mass is 10.0. The van der Waals surface area contributed by atoms with Gasteiger partial charge in [0, 0.05) is 5.56 Å². The second kappa shape index (κ2) is 6.42. The van der Waals surface area contributed by atoms with Crippen LogP contribution in [0.15, 0.2) is 30.3 Å². The Bertz CT molecular complexity index is 366. The lowest BCUT2D eigenvalue weighted by molar-refractivity contribution is -0.170. The number of aliphatic hydroxyl groups excluding tert-OH is 4. The summed E-state index contributed by atoms with van der Waals surface area (Å²) in [6.07, 6.45) is -6.31. The van der Waals surface area contributed by atoms with Gasteiger partial charge in [0.2, 0.25) is 0 Å². The van der Waals surface area contributed by atoms with Gasteiger partial charge in [-0.3, -0.25) is 0 Å². The van der Waals surface area contributed by atoms with E-state index in [0.717, 1.165) is 5.56 Å². The summed E-state index contributed by atoms with van der Waals surface area (Å²) in [5, 5.41) is 38.5. The van der Waals surface area contributed by atoms with Gasteiger partial charge in [-0.25, -0.2) is 0 Å². The summed E-state index contributed by atoms with van der Waals surface area (Å²) in [6, 6.07) is 9.04. The minimum atomic E-state index is -1.48. The molecule has 0 saturated carbocycles. The fourth-order valence-electron chi connectivity index (χ4n) is 1.88. The molecule has 5 atom stereocenters. The number of rotatable bonds is 1. The van der Waals surface area contributed by atoms with Crippen molar-refractivity contribution in [3.63, 3.8) is 0 Å². The van der Waals surface area contributed by atoms with Crippen molar-refractivity contribution in [2.45, 2.75) is 30.7 Å². The largest absolute Gasteiger partial charge is 0.388 e. The minimum absolute atomic E-state index is 0.204. The molecule has 4 N–H and O–H groups in total. The van der Waals surface area contributed by atoms with Gasteiger partial charge in [0.25, 0.3) is 0 Å². The van der Waals surface area contributed by atoms with Gasteiger partial charge in [-0.05, 0) is 0 Å².